The Hall–Kier alpha value is -2.42. The highest BCUT2D eigenvalue weighted by molar-refractivity contribution is 6.00. The van der Waals surface area contributed by atoms with Crippen molar-refractivity contribution in [1.82, 2.24) is 14.4 Å². The third-order valence-electron chi connectivity index (χ3n) is 8.78. The van der Waals surface area contributed by atoms with Crippen molar-refractivity contribution in [3.05, 3.63) is 52.8 Å². The summed E-state index contributed by atoms with van der Waals surface area (Å²) >= 11 is 0. The zero-order valence-corrected chi connectivity index (χ0v) is 21.7. The van der Waals surface area contributed by atoms with Crippen LogP contribution in [0.1, 0.15) is 97.7 Å². The van der Waals surface area contributed by atoms with Gasteiger partial charge in [-0.3, -0.25) is 4.40 Å². The number of imidazole rings is 1. The van der Waals surface area contributed by atoms with Gasteiger partial charge in [0.05, 0.1) is 16.6 Å². The largest absolute Gasteiger partial charge is 0.279 e. The molecular formula is C30H37N3. The third kappa shape index (κ3) is 2.74. The van der Waals surface area contributed by atoms with Crippen LogP contribution in [0.3, 0.4) is 0 Å². The summed E-state index contributed by atoms with van der Waals surface area (Å²) in [6.45, 7) is 21.1. The maximum Gasteiger partial charge on any atom is 0.149 e. The number of hydrogen-bond donors (Lipinski definition) is 0. The average molecular weight is 440 g/mol. The third-order valence-corrected chi connectivity index (χ3v) is 8.78. The Balaban J connectivity index is 1.81. The Morgan fingerprint density at radius 3 is 2.12 bits per heavy atom. The quantitative estimate of drug-likeness (QED) is 0.306. The fourth-order valence-corrected chi connectivity index (χ4v) is 6.88. The first-order valence-corrected chi connectivity index (χ1v) is 12.5. The summed E-state index contributed by atoms with van der Waals surface area (Å²) in [5.41, 5.74) is 9.25. The van der Waals surface area contributed by atoms with Crippen LogP contribution in [0.5, 0.6) is 0 Å². The van der Waals surface area contributed by atoms with E-state index in [4.69, 9.17) is 9.97 Å². The number of rotatable bonds is 1. The Morgan fingerprint density at radius 1 is 0.879 bits per heavy atom. The fourth-order valence-electron chi connectivity index (χ4n) is 6.88. The van der Waals surface area contributed by atoms with Gasteiger partial charge < -0.3 is 0 Å². The van der Waals surface area contributed by atoms with E-state index in [0.717, 1.165) is 28.9 Å². The van der Waals surface area contributed by atoms with E-state index in [0.29, 0.717) is 5.92 Å². The molecule has 3 heteroatoms. The first-order chi connectivity index (χ1) is 15.2. The smallest absolute Gasteiger partial charge is 0.149 e. The van der Waals surface area contributed by atoms with Crippen LogP contribution in [0.2, 0.25) is 0 Å². The van der Waals surface area contributed by atoms with E-state index < -0.39 is 0 Å². The molecule has 33 heavy (non-hydrogen) atoms. The van der Waals surface area contributed by atoms with Gasteiger partial charge in [-0.1, -0.05) is 74.4 Å². The second-order valence-corrected chi connectivity index (χ2v) is 13.5. The summed E-state index contributed by atoms with van der Waals surface area (Å²) in [4.78, 5) is 10.7. The van der Waals surface area contributed by atoms with E-state index in [2.05, 4.69) is 97.0 Å². The lowest BCUT2D eigenvalue weighted by atomic mass is 9.82. The average Bonchev–Trinajstić information content (AvgIpc) is 3.08. The predicted molar refractivity (Wildman–Crippen MR) is 139 cm³/mol. The summed E-state index contributed by atoms with van der Waals surface area (Å²) < 4.78 is 2.39. The number of hydrogen-bond acceptors (Lipinski definition) is 2. The number of nitrogens with zero attached hydrogens (tertiary/aromatic N) is 3. The first-order valence-electron chi connectivity index (χ1n) is 12.5. The zero-order valence-electron chi connectivity index (χ0n) is 21.7. The topological polar surface area (TPSA) is 30.2 Å². The van der Waals surface area contributed by atoms with Crippen molar-refractivity contribution in [2.45, 2.75) is 96.8 Å². The Morgan fingerprint density at radius 2 is 1.52 bits per heavy atom. The molecule has 1 fully saturated rings. The van der Waals surface area contributed by atoms with Gasteiger partial charge in [-0.15, -0.1) is 0 Å². The summed E-state index contributed by atoms with van der Waals surface area (Å²) in [5.74, 6) is 1.79. The van der Waals surface area contributed by atoms with Gasteiger partial charge in [0, 0.05) is 10.8 Å². The van der Waals surface area contributed by atoms with Crippen LogP contribution in [0.15, 0.2) is 30.3 Å². The van der Waals surface area contributed by atoms with Crippen molar-refractivity contribution in [2.75, 3.05) is 0 Å². The summed E-state index contributed by atoms with van der Waals surface area (Å²) in [6.07, 6.45) is 2.40. The molecule has 2 aliphatic carbocycles. The Kier molecular flexibility index (Phi) is 3.83. The van der Waals surface area contributed by atoms with Gasteiger partial charge in [-0.2, -0.15) is 0 Å². The molecule has 2 atom stereocenters. The molecule has 2 aromatic heterocycles. The molecule has 0 saturated heterocycles. The molecule has 6 rings (SSSR count). The monoisotopic (exact) mass is 439 g/mol. The van der Waals surface area contributed by atoms with E-state index in [-0.39, 0.29) is 21.7 Å². The second-order valence-electron chi connectivity index (χ2n) is 13.5. The van der Waals surface area contributed by atoms with Gasteiger partial charge in [0.2, 0.25) is 0 Å². The highest BCUT2D eigenvalue weighted by atomic mass is 15.1. The molecule has 0 N–H and O–H groups in total. The molecule has 2 heterocycles. The SMILES string of the molecule is CC1CC1(C)c1cccc2nc(C(C)(C)C)n3c4cc5c(cc4nc3c12)C(C)(C)CC5(C)C. The summed E-state index contributed by atoms with van der Waals surface area (Å²) in [6, 6.07) is 11.5. The van der Waals surface area contributed by atoms with Gasteiger partial charge >= 0.3 is 0 Å². The predicted octanol–water partition coefficient (Wildman–Crippen LogP) is 7.59. The highest BCUT2D eigenvalue weighted by Gasteiger charge is 2.49. The van der Waals surface area contributed by atoms with Crippen LogP contribution in [-0.4, -0.2) is 14.4 Å². The summed E-state index contributed by atoms with van der Waals surface area (Å²) in [7, 11) is 0. The molecule has 2 aliphatic rings. The number of aromatic nitrogens is 3. The van der Waals surface area contributed by atoms with E-state index in [1.165, 1.54) is 34.0 Å². The van der Waals surface area contributed by atoms with E-state index >= 15 is 0 Å². The zero-order chi connectivity index (χ0) is 23.7. The van der Waals surface area contributed by atoms with Crippen molar-refractivity contribution in [3.8, 4) is 0 Å². The van der Waals surface area contributed by atoms with Crippen LogP contribution >= 0.6 is 0 Å². The van der Waals surface area contributed by atoms with Crippen molar-refractivity contribution in [1.29, 1.82) is 0 Å². The molecule has 0 aliphatic heterocycles. The minimum atomic E-state index is -0.0966. The standard InChI is InChI=1S/C30H37N3/c1-17-15-30(17,9)18-11-10-12-21-24(18)25-31-22-13-19-20(29(7,8)16-28(19,5)6)14-23(22)33(25)26(32-21)27(2,3)4/h10-14,17H,15-16H2,1-9H3. The molecule has 1 saturated carbocycles. The number of fused-ring (bicyclic) bond motifs is 6. The molecule has 0 amide bonds. The van der Waals surface area contributed by atoms with E-state index in [9.17, 15) is 0 Å². The van der Waals surface area contributed by atoms with E-state index in [1.807, 2.05) is 0 Å². The molecule has 0 bridgehead atoms. The van der Waals surface area contributed by atoms with Crippen LogP contribution in [0, 0.1) is 5.92 Å². The van der Waals surface area contributed by atoms with Gasteiger partial charge in [-0.25, -0.2) is 9.97 Å². The molecule has 2 unspecified atom stereocenters. The minimum absolute atomic E-state index is 0.0966. The lowest BCUT2D eigenvalue weighted by Crippen LogP contribution is -2.20. The summed E-state index contributed by atoms with van der Waals surface area (Å²) in [5, 5.41) is 1.24. The van der Waals surface area contributed by atoms with Crippen LogP contribution in [0.4, 0.5) is 0 Å². The molecular weight excluding hydrogens is 402 g/mol. The van der Waals surface area contributed by atoms with Gasteiger partial charge in [-0.05, 0) is 69.9 Å². The van der Waals surface area contributed by atoms with E-state index in [1.54, 1.807) is 0 Å². The minimum Gasteiger partial charge on any atom is -0.279 e. The molecule has 4 aromatic rings. The van der Waals surface area contributed by atoms with Gasteiger partial charge in [0.15, 0.2) is 0 Å². The Bertz CT molecular complexity index is 1480. The van der Waals surface area contributed by atoms with Crippen molar-refractivity contribution < 1.29 is 0 Å². The number of benzene rings is 2. The lowest BCUT2D eigenvalue weighted by molar-refractivity contribution is 0.403. The van der Waals surface area contributed by atoms with Crippen molar-refractivity contribution in [2.24, 2.45) is 5.92 Å². The maximum atomic E-state index is 5.36. The fraction of sp³-hybridized carbons (Fsp3) is 0.533. The lowest BCUT2D eigenvalue weighted by Gasteiger charge is -2.23. The van der Waals surface area contributed by atoms with Crippen molar-refractivity contribution >= 4 is 27.6 Å². The van der Waals surface area contributed by atoms with Crippen LogP contribution < -0.4 is 0 Å². The molecule has 0 radical (unpaired) electrons. The van der Waals surface area contributed by atoms with Gasteiger partial charge in [0.1, 0.15) is 11.5 Å². The second kappa shape index (κ2) is 5.98. The molecule has 3 nitrogen and oxygen atoms in total. The molecule has 0 spiro atoms. The van der Waals surface area contributed by atoms with Crippen LogP contribution in [-0.2, 0) is 21.7 Å². The van der Waals surface area contributed by atoms with Gasteiger partial charge in [0.25, 0.3) is 0 Å². The van der Waals surface area contributed by atoms with Crippen molar-refractivity contribution in [3.63, 3.8) is 0 Å². The Labute approximate surface area is 197 Å². The molecule has 2 aromatic carbocycles. The normalized spacial score (nSPS) is 25.8. The molecule has 172 valence electrons. The highest BCUT2D eigenvalue weighted by Crippen LogP contribution is 2.56. The van der Waals surface area contributed by atoms with Crippen LogP contribution in [0.25, 0.3) is 27.6 Å². The maximum absolute atomic E-state index is 5.36. The first kappa shape index (κ1) is 21.1.